The fourth-order valence-electron chi connectivity index (χ4n) is 1.51. The Morgan fingerprint density at radius 3 is 2.69 bits per heavy atom. The van der Waals surface area contributed by atoms with E-state index in [0.717, 1.165) is 21.2 Å². The zero-order chi connectivity index (χ0) is 9.42. The van der Waals surface area contributed by atoms with E-state index in [4.69, 9.17) is 0 Å². The molecule has 2 nitrogen and oxygen atoms in total. The van der Waals surface area contributed by atoms with Gasteiger partial charge in [0.15, 0.2) is 6.20 Å². The number of pyridine rings is 1. The Hall–Kier alpha value is -1.57. The number of benzene rings is 1. The molecule has 2 rings (SSSR count). The molecule has 2 heteroatoms. The molecular weight excluding hydrogens is 162 g/mol. The van der Waals surface area contributed by atoms with Gasteiger partial charge >= 0.3 is 0 Å². The summed E-state index contributed by atoms with van der Waals surface area (Å²) in [4.78, 5) is 0. The number of hydrogen-bond donors (Lipinski definition) is 0. The van der Waals surface area contributed by atoms with Gasteiger partial charge in [0.2, 0.25) is 5.52 Å². The first-order chi connectivity index (χ1) is 6.18. The van der Waals surface area contributed by atoms with E-state index in [1.54, 1.807) is 6.20 Å². The molecule has 0 spiro atoms. The molecule has 66 valence electrons. The maximum absolute atomic E-state index is 11.4. The van der Waals surface area contributed by atoms with Crippen LogP contribution in [0.25, 0.3) is 10.9 Å². The minimum atomic E-state index is 0.741. The third-order valence-electron chi connectivity index (χ3n) is 2.27. The van der Waals surface area contributed by atoms with Crippen LogP contribution >= 0.6 is 0 Å². The van der Waals surface area contributed by atoms with Crippen molar-refractivity contribution in [1.29, 1.82) is 0 Å². The summed E-state index contributed by atoms with van der Waals surface area (Å²) in [5, 5.41) is 12.4. The average Bonchev–Trinajstić information content (AvgIpc) is 2.12. The predicted octanol–water partition coefficient (Wildman–Crippen LogP) is 2.09. The van der Waals surface area contributed by atoms with Gasteiger partial charge in [0.05, 0.1) is 5.39 Å². The number of aromatic nitrogens is 1. The number of nitrogens with zero attached hydrogens (tertiary/aromatic N) is 1. The molecule has 0 amide bonds. The predicted molar refractivity (Wildman–Crippen MR) is 52.4 cm³/mol. The molecule has 0 aliphatic heterocycles. The SMILES string of the molecule is Cc1ccc2c(c1)c(C)cc[n+]2[O-]. The van der Waals surface area contributed by atoms with Crippen LogP contribution in [0.15, 0.2) is 30.5 Å². The van der Waals surface area contributed by atoms with Crippen molar-refractivity contribution in [2.75, 3.05) is 0 Å². The third-order valence-corrected chi connectivity index (χ3v) is 2.27. The molecule has 0 aliphatic carbocycles. The van der Waals surface area contributed by atoms with Crippen molar-refractivity contribution in [3.63, 3.8) is 0 Å². The van der Waals surface area contributed by atoms with Crippen LogP contribution in [-0.2, 0) is 0 Å². The van der Waals surface area contributed by atoms with E-state index in [1.165, 1.54) is 5.56 Å². The molecule has 0 aliphatic rings. The summed E-state index contributed by atoms with van der Waals surface area (Å²) in [5.74, 6) is 0. The Bertz CT molecular complexity index is 463. The molecule has 0 N–H and O–H groups in total. The lowest BCUT2D eigenvalue weighted by Crippen LogP contribution is -2.26. The summed E-state index contributed by atoms with van der Waals surface area (Å²) in [6, 6.07) is 7.70. The van der Waals surface area contributed by atoms with Gasteiger partial charge in [0.25, 0.3) is 0 Å². The summed E-state index contributed by atoms with van der Waals surface area (Å²) < 4.78 is 0.905. The molecular formula is C11H11NO. The second-order valence-corrected chi connectivity index (χ2v) is 3.35. The van der Waals surface area contributed by atoms with E-state index >= 15 is 0 Å². The van der Waals surface area contributed by atoms with Crippen LogP contribution < -0.4 is 4.73 Å². The largest absolute Gasteiger partial charge is 0.618 e. The fraction of sp³-hybridized carbons (Fsp3) is 0.182. The van der Waals surface area contributed by atoms with Crippen molar-refractivity contribution in [3.05, 3.63) is 46.8 Å². The summed E-state index contributed by atoms with van der Waals surface area (Å²) in [5.41, 5.74) is 3.07. The van der Waals surface area contributed by atoms with Crippen LogP contribution in [0.5, 0.6) is 0 Å². The molecule has 1 aromatic carbocycles. The van der Waals surface area contributed by atoms with E-state index < -0.39 is 0 Å². The topological polar surface area (TPSA) is 26.9 Å². The Labute approximate surface area is 77.0 Å². The van der Waals surface area contributed by atoms with Gasteiger partial charge in [-0.1, -0.05) is 11.6 Å². The van der Waals surface area contributed by atoms with E-state index in [0.29, 0.717) is 0 Å². The normalized spacial score (nSPS) is 10.6. The minimum Gasteiger partial charge on any atom is -0.618 e. The molecule has 0 fully saturated rings. The highest BCUT2D eigenvalue weighted by molar-refractivity contribution is 5.79. The smallest absolute Gasteiger partial charge is 0.224 e. The Kier molecular flexibility index (Phi) is 1.69. The first kappa shape index (κ1) is 8.05. The second-order valence-electron chi connectivity index (χ2n) is 3.35. The molecule has 1 aromatic heterocycles. The molecule has 13 heavy (non-hydrogen) atoms. The number of fused-ring (bicyclic) bond motifs is 1. The summed E-state index contributed by atoms with van der Waals surface area (Å²) in [6.07, 6.45) is 1.55. The summed E-state index contributed by atoms with van der Waals surface area (Å²) in [7, 11) is 0. The third kappa shape index (κ3) is 1.24. The average molecular weight is 173 g/mol. The van der Waals surface area contributed by atoms with Gasteiger partial charge in [-0.2, -0.15) is 4.73 Å². The molecule has 0 bridgehead atoms. The lowest BCUT2D eigenvalue weighted by molar-refractivity contribution is -0.577. The Morgan fingerprint density at radius 2 is 1.92 bits per heavy atom. The highest BCUT2D eigenvalue weighted by atomic mass is 16.5. The van der Waals surface area contributed by atoms with Gasteiger partial charge in [0, 0.05) is 12.1 Å². The van der Waals surface area contributed by atoms with Gasteiger partial charge in [-0.3, -0.25) is 0 Å². The molecule has 0 unspecified atom stereocenters. The van der Waals surface area contributed by atoms with Gasteiger partial charge in [-0.25, -0.2) is 0 Å². The van der Waals surface area contributed by atoms with Crippen LogP contribution in [0.4, 0.5) is 0 Å². The van der Waals surface area contributed by atoms with Crippen molar-refractivity contribution < 1.29 is 4.73 Å². The van der Waals surface area contributed by atoms with Crippen molar-refractivity contribution >= 4 is 10.9 Å². The Balaban J connectivity index is 2.92. The van der Waals surface area contributed by atoms with Crippen LogP contribution in [-0.4, -0.2) is 0 Å². The summed E-state index contributed by atoms with van der Waals surface area (Å²) >= 11 is 0. The van der Waals surface area contributed by atoms with Crippen LogP contribution in [0.2, 0.25) is 0 Å². The monoisotopic (exact) mass is 173 g/mol. The zero-order valence-electron chi connectivity index (χ0n) is 7.74. The van der Waals surface area contributed by atoms with Gasteiger partial charge in [0.1, 0.15) is 0 Å². The van der Waals surface area contributed by atoms with Crippen LogP contribution in [0, 0.1) is 19.1 Å². The van der Waals surface area contributed by atoms with E-state index in [1.807, 2.05) is 38.1 Å². The van der Waals surface area contributed by atoms with Crippen molar-refractivity contribution in [2.45, 2.75) is 13.8 Å². The molecule has 2 aromatic rings. The highest BCUT2D eigenvalue weighted by Crippen LogP contribution is 2.15. The maximum Gasteiger partial charge on any atom is 0.224 e. The lowest BCUT2D eigenvalue weighted by atomic mass is 10.1. The van der Waals surface area contributed by atoms with E-state index in [9.17, 15) is 5.21 Å². The molecule has 0 saturated heterocycles. The number of hydrogen-bond acceptors (Lipinski definition) is 1. The van der Waals surface area contributed by atoms with Crippen molar-refractivity contribution in [3.8, 4) is 0 Å². The maximum atomic E-state index is 11.4. The van der Waals surface area contributed by atoms with Crippen molar-refractivity contribution in [1.82, 2.24) is 0 Å². The van der Waals surface area contributed by atoms with Gasteiger partial charge < -0.3 is 5.21 Å². The number of aryl methyl sites for hydroxylation is 2. The first-order valence-corrected chi connectivity index (χ1v) is 4.27. The fourth-order valence-corrected chi connectivity index (χ4v) is 1.51. The van der Waals surface area contributed by atoms with Gasteiger partial charge in [-0.05, 0) is 25.5 Å². The summed E-state index contributed by atoms with van der Waals surface area (Å²) in [6.45, 7) is 4.04. The van der Waals surface area contributed by atoms with Gasteiger partial charge in [-0.15, -0.1) is 0 Å². The minimum absolute atomic E-state index is 0.741. The molecule has 1 heterocycles. The zero-order valence-corrected chi connectivity index (χ0v) is 7.74. The van der Waals surface area contributed by atoms with E-state index in [-0.39, 0.29) is 0 Å². The van der Waals surface area contributed by atoms with Crippen molar-refractivity contribution in [2.24, 2.45) is 0 Å². The quantitative estimate of drug-likeness (QED) is 0.442. The molecule has 0 atom stereocenters. The molecule has 0 saturated carbocycles. The lowest BCUT2D eigenvalue weighted by Gasteiger charge is -2.04. The first-order valence-electron chi connectivity index (χ1n) is 4.27. The number of rotatable bonds is 0. The second kappa shape index (κ2) is 2.73. The van der Waals surface area contributed by atoms with E-state index in [2.05, 4.69) is 0 Å². The highest BCUT2D eigenvalue weighted by Gasteiger charge is 2.04. The van der Waals surface area contributed by atoms with Crippen LogP contribution in [0.3, 0.4) is 0 Å². The standard InChI is InChI=1S/C11H11NO/c1-8-3-4-11-10(7-8)9(2)5-6-12(11)13/h3-7H,1-2H3. The molecule has 0 radical (unpaired) electrons. The van der Waals surface area contributed by atoms with Crippen LogP contribution in [0.1, 0.15) is 11.1 Å². The Morgan fingerprint density at radius 1 is 1.15 bits per heavy atom.